The highest BCUT2D eigenvalue weighted by atomic mass is 32.2. The van der Waals surface area contributed by atoms with Crippen LogP contribution in [-0.4, -0.2) is 46.1 Å². The third kappa shape index (κ3) is 1.95. The molecule has 1 saturated heterocycles. The van der Waals surface area contributed by atoms with Gasteiger partial charge in [-0.15, -0.1) is 0 Å². The van der Waals surface area contributed by atoms with Gasteiger partial charge in [-0.2, -0.15) is 12.7 Å². The maximum Gasteiger partial charge on any atom is 0.279 e. The molecule has 0 saturated carbocycles. The molecule has 72 valence electrons. The second-order valence-electron chi connectivity index (χ2n) is 2.71. The van der Waals surface area contributed by atoms with Crippen molar-refractivity contribution < 1.29 is 13.2 Å². The summed E-state index contributed by atoms with van der Waals surface area (Å²) < 4.78 is 31.2. The summed E-state index contributed by atoms with van der Waals surface area (Å²) in [5.74, 6) is 0. The number of nitrogens with zero attached hydrogens (tertiary/aromatic N) is 1. The molecule has 1 atom stereocenters. The Morgan fingerprint density at radius 2 is 2.25 bits per heavy atom. The molecule has 1 fully saturated rings. The lowest BCUT2D eigenvalue weighted by molar-refractivity contribution is 0.115. The molecule has 6 heteroatoms. The average Bonchev–Trinajstić information content (AvgIpc) is 2.52. The zero-order valence-corrected chi connectivity index (χ0v) is 8.10. The Hall–Kier alpha value is -0.170. The summed E-state index contributed by atoms with van der Waals surface area (Å²) in [5, 5.41) is 0. The van der Waals surface area contributed by atoms with E-state index < -0.39 is 10.2 Å². The summed E-state index contributed by atoms with van der Waals surface area (Å²) >= 11 is 0. The van der Waals surface area contributed by atoms with E-state index in [1.807, 2.05) is 0 Å². The van der Waals surface area contributed by atoms with E-state index in [0.29, 0.717) is 13.1 Å². The highest BCUT2D eigenvalue weighted by molar-refractivity contribution is 7.87. The van der Waals surface area contributed by atoms with Gasteiger partial charge in [0, 0.05) is 27.2 Å². The van der Waals surface area contributed by atoms with E-state index in [1.54, 1.807) is 7.11 Å². The van der Waals surface area contributed by atoms with Crippen LogP contribution in [0.2, 0.25) is 0 Å². The van der Waals surface area contributed by atoms with Gasteiger partial charge in [0.25, 0.3) is 10.2 Å². The standard InChI is InChI=1S/C6H14N2O3S/c1-7-12(9,10)8-4-3-6(5-8)11-2/h6-7H,3-5H2,1-2H3/t6-/m0/s1. The molecule has 0 bridgehead atoms. The van der Waals surface area contributed by atoms with Gasteiger partial charge in [0.15, 0.2) is 0 Å². The van der Waals surface area contributed by atoms with Gasteiger partial charge in [0.1, 0.15) is 0 Å². The summed E-state index contributed by atoms with van der Waals surface area (Å²) in [4.78, 5) is 0. The molecule has 5 nitrogen and oxygen atoms in total. The molecule has 0 aliphatic carbocycles. The van der Waals surface area contributed by atoms with Crippen LogP contribution in [-0.2, 0) is 14.9 Å². The molecule has 1 N–H and O–H groups in total. The molecule has 1 aliphatic heterocycles. The third-order valence-corrected chi connectivity index (χ3v) is 3.57. The van der Waals surface area contributed by atoms with Crippen LogP contribution in [0.1, 0.15) is 6.42 Å². The second kappa shape index (κ2) is 3.69. The van der Waals surface area contributed by atoms with E-state index in [-0.39, 0.29) is 6.10 Å². The van der Waals surface area contributed by atoms with Crippen molar-refractivity contribution in [2.45, 2.75) is 12.5 Å². The van der Waals surface area contributed by atoms with Gasteiger partial charge in [-0.3, -0.25) is 0 Å². The molecule has 1 rings (SSSR count). The van der Waals surface area contributed by atoms with E-state index in [0.717, 1.165) is 6.42 Å². The number of nitrogens with one attached hydrogen (secondary N) is 1. The largest absolute Gasteiger partial charge is 0.380 e. The Labute approximate surface area is 72.9 Å². The Kier molecular flexibility index (Phi) is 3.05. The van der Waals surface area contributed by atoms with Crippen LogP contribution in [0.5, 0.6) is 0 Å². The first-order valence-corrected chi connectivity index (χ1v) is 5.25. The van der Waals surface area contributed by atoms with Gasteiger partial charge in [0.2, 0.25) is 0 Å². The van der Waals surface area contributed by atoms with Crippen LogP contribution in [0.25, 0.3) is 0 Å². The molecular weight excluding hydrogens is 180 g/mol. The van der Waals surface area contributed by atoms with E-state index in [1.165, 1.54) is 11.4 Å². The maximum absolute atomic E-state index is 11.2. The number of rotatable bonds is 3. The highest BCUT2D eigenvalue weighted by Gasteiger charge is 2.29. The van der Waals surface area contributed by atoms with Crippen LogP contribution < -0.4 is 4.72 Å². The Morgan fingerprint density at radius 3 is 2.67 bits per heavy atom. The maximum atomic E-state index is 11.2. The Bertz CT molecular complexity index is 239. The molecule has 0 aromatic carbocycles. The highest BCUT2D eigenvalue weighted by Crippen LogP contribution is 2.14. The Balaban J connectivity index is 2.58. The normalized spacial score (nSPS) is 26.3. The molecule has 0 amide bonds. The summed E-state index contributed by atoms with van der Waals surface area (Å²) in [6.45, 7) is 1.00. The van der Waals surface area contributed by atoms with E-state index in [4.69, 9.17) is 4.74 Å². The summed E-state index contributed by atoms with van der Waals surface area (Å²) in [6.07, 6.45) is 0.824. The fraction of sp³-hybridized carbons (Fsp3) is 1.00. The fourth-order valence-corrected chi connectivity index (χ4v) is 2.20. The van der Waals surface area contributed by atoms with Gasteiger partial charge in [-0.05, 0) is 6.42 Å². The monoisotopic (exact) mass is 194 g/mol. The molecule has 1 heterocycles. The van der Waals surface area contributed by atoms with Crippen molar-refractivity contribution in [1.82, 2.24) is 9.03 Å². The van der Waals surface area contributed by atoms with Crippen LogP contribution in [0.15, 0.2) is 0 Å². The number of hydrogen-bond acceptors (Lipinski definition) is 3. The van der Waals surface area contributed by atoms with E-state index >= 15 is 0 Å². The predicted octanol–water partition coefficient (Wildman–Crippen LogP) is -0.829. The SMILES string of the molecule is CNS(=O)(=O)N1CC[C@H](OC)C1. The van der Waals surface area contributed by atoms with Gasteiger partial charge < -0.3 is 4.74 Å². The lowest BCUT2D eigenvalue weighted by Crippen LogP contribution is -2.37. The lowest BCUT2D eigenvalue weighted by Gasteiger charge is -2.14. The van der Waals surface area contributed by atoms with Crippen molar-refractivity contribution in [2.75, 3.05) is 27.2 Å². The van der Waals surface area contributed by atoms with Crippen LogP contribution in [0, 0.1) is 0 Å². The zero-order chi connectivity index (χ0) is 9.19. The first-order valence-electron chi connectivity index (χ1n) is 3.81. The van der Waals surface area contributed by atoms with Crippen molar-refractivity contribution >= 4 is 10.2 Å². The summed E-state index contributed by atoms with van der Waals surface area (Å²) in [6, 6.07) is 0. The average molecular weight is 194 g/mol. The van der Waals surface area contributed by atoms with Gasteiger partial charge >= 0.3 is 0 Å². The Morgan fingerprint density at radius 1 is 1.58 bits per heavy atom. The van der Waals surface area contributed by atoms with E-state index in [9.17, 15) is 8.42 Å². The van der Waals surface area contributed by atoms with Crippen LogP contribution in [0.4, 0.5) is 0 Å². The van der Waals surface area contributed by atoms with Gasteiger partial charge in [0.05, 0.1) is 6.10 Å². The third-order valence-electron chi connectivity index (χ3n) is 2.04. The molecule has 0 radical (unpaired) electrons. The van der Waals surface area contributed by atoms with E-state index in [2.05, 4.69) is 4.72 Å². The van der Waals surface area contributed by atoms with Crippen LogP contribution >= 0.6 is 0 Å². The predicted molar refractivity (Wildman–Crippen MR) is 45.0 cm³/mol. The summed E-state index contributed by atoms with van der Waals surface area (Å²) in [5.41, 5.74) is 0. The van der Waals surface area contributed by atoms with Crippen molar-refractivity contribution in [3.8, 4) is 0 Å². The minimum Gasteiger partial charge on any atom is -0.380 e. The first-order chi connectivity index (χ1) is 5.60. The fourth-order valence-electron chi connectivity index (χ4n) is 1.24. The number of methoxy groups -OCH3 is 1. The topological polar surface area (TPSA) is 58.6 Å². The zero-order valence-electron chi connectivity index (χ0n) is 7.28. The van der Waals surface area contributed by atoms with Crippen LogP contribution in [0.3, 0.4) is 0 Å². The number of hydrogen-bond donors (Lipinski definition) is 1. The molecule has 0 spiro atoms. The van der Waals surface area contributed by atoms with Crippen molar-refractivity contribution in [3.63, 3.8) is 0 Å². The molecule has 1 aliphatic rings. The second-order valence-corrected chi connectivity index (χ2v) is 4.59. The molecule has 12 heavy (non-hydrogen) atoms. The first kappa shape index (κ1) is 9.91. The lowest BCUT2D eigenvalue weighted by atomic mass is 10.3. The van der Waals surface area contributed by atoms with Crippen molar-refractivity contribution in [3.05, 3.63) is 0 Å². The van der Waals surface area contributed by atoms with Crippen molar-refractivity contribution in [2.24, 2.45) is 0 Å². The van der Waals surface area contributed by atoms with Gasteiger partial charge in [-0.25, -0.2) is 4.72 Å². The minimum atomic E-state index is -3.24. The molecule has 0 aromatic rings. The molecular formula is C6H14N2O3S. The summed E-state index contributed by atoms with van der Waals surface area (Å²) in [7, 11) is -0.228. The quantitative estimate of drug-likeness (QED) is 0.638. The van der Waals surface area contributed by atoms with Gasteiger partial charge in [-0.1, -0.05) is 0 Å². The minimum absolute atomic E-state index is 0.0492. The smallest absolute Gasteiger partial charge is 0.279 e. The molecule has 0 aromatic heterocycles. The number of ether oxygens (including phenoxy) is 1. The van der Waals surface area contributed by atoms with Crippen molar-refractivity contribution in [1.29, 1.82) is 0 Å². The molecule has 0 unspecified atom stereocenters.